The number of nitrogens with zero attached hydrogens (tertiary/aromatic N) is 2. The van der Waals surface area contributed by atoms with Gasteiger partial charge in [0.1, 0.15) is 5.00 Å². The standard InChI is InChI=1S/C21H12N2O2S/c24-20-15-3-1-2-4-16(15)21(25)17(20)11-14-5-6-19(26-14)23-10-8-13-12-22-9-7-18(13)23/h1-12H. The van der Waals surface area contributed by atoms with E-state index in [-0.39, 0.29) is 17.1 Å². The smallest absolute Gasteiger partial charge is 0.197 e. The van der Waals surface area contributed by atoms with Crippen LogP contribution in [0.1, 0.15) is 25.6 Å². The molecule has 0 saturated carbocycles. The fraction of sp³-hybridized carbons (Fsp3) is 0. The van der Waals surface area contributed by atoms with Crippen LogP contribution >= 0.6 is 11.3 Å². The van der Waals surface area contributed by atoms with Gasteiger partial charge in [0.2, 0.25) is 0 Å². The molecule has 0 N–H and O–H groups in total. The van der Waals surface area contributed by atoms with Gasteiger partial charge in [-0.1, -0.05) is 24.3 Å². The van der Waals surface area contributed by atoms with Gasteiger partial charge in [-0.3, -0.25) is 14.6 Å². The van der Waals surface area contributed by atoms with Gasteiger partial charge in [0.25, 0.3) is 0 Å². The average Bonchev–Trinajstić information content (AvgIpc) is 3.36. The number of pyridine rings is 1. The molecule has 1 aliphatic rings. The molecule has 3 heterocycles. The van der Waals surface area contributed by atoms with E-state index in [1.165, 1.54) is 11.3 Å². The highest BCUT2D eigenvalue weighted by molar-refractivity contribution is 7.15. The van der Waals surface area contributed by atoms with Crippen molar-refractivity contribution in [2.75, 3.05) is 0 Å². The topological polar surface area (TPSA) is 52.0 Å². The van der Waals surface area contributed by atoms with Gasteiger partial charge in [0.15, 0.2) is 11.6 Å². The van der Waals surface area contributed by atoms with E-state index in [2.05, 4.69) is 9.55 Å². The molecule has 0 fully saturated rings. The highest BCUT2D eigenvalue weighted by Crippen LogP contribution is 2.31. The summed E-state index contributed by atoms with van der Waals surface area (Å²) in [6.45, 7) is 0. The number of benzene rings is 1. The number of allylic oxidation sites excluding steroid dienone is 1. The molecule has 0 bridgehead atoms. The van der Waals surface area contributed by atoms with Crippen LogP contribution < -0.4 is 0 Å². The summed E-state index contributed by atoms with van der Waals surface area (Å²) in [4.78, 5) is 30.1. The normalized spacial score (nSPS) is 13.5. The summed E-state index contributed by atoms with van der Waals surface area (Å²) in [5.41, 5.74) is 2.29. The number of hydrogen-bond acceptors (Lipinski definition) is 4. The lowest BCUT2D eigenvalue weighted by Crippen LogP contribution is -1.99. The summed E-state index contributed by atoms with van der Waals surface area (Å²) >= 11 is 1.54. The van der Waals surface area contributed by atoms with Crippen LogP contribution in [-0.4, -0.2) is 21.1 Å². The van der Waals surface area contributed by atoms with Gasteiger partial charge in [0, 0.05) is 40.0 Å². The molecule has 0 spiro atoms. The first-order valence-electron chi connectivity index (χ1n) is 8.14. The van der Waals surface area contributed by atoms with Crippen LogP contribution in [0.15, 0.2) is 72.7 Å². The molecule has 1 aliphatic carbocycles. The van der Waals surface area contributed by atoms with E-state index >= 15 is 0 Å². The molecule has 1 aromatic carbocycles. The number of fused-ring (bicyclic) bond motifs is 2. The van der Waals surface area contributed by atoms with Crippen LogP contribution in [0.25, 0.3) is 22.0 Å². The van der Waals surface area contributed by atoms with E-state index in [1.54, 1.807) is 36.5 Å². The van der Waals surface area contributed by atoms with Crippen molar-refractivity contribution in [3.63, 3.8) is 0 Å². The fourth-order valence-electron chi connectivity index (χ4n) is 3.27. The Kier molecular flexibility index (Phi) is 3.23. The molecule has 4 nitrogen and oxygen atoms in total. The molecule has 0 aliphatic heterocycles. The largest absolute Gasteiger partial charge is 0.308 e. The zero-order valence-electron chi connectivity index (χ0n) is 13.5. The predicted octanol–water partition coefficient (Wildman–Crippen LogP) is 4.55. The molecular weight excluding hydrogens is 344 g/mol. The minimum atomic E-state index is -0.196. The van der Waals surface area contributed by atoms with Crippen molar-refractivity contribution in [2.24, 2.45) is 0 Å². The minimum absolute atomic E-state index is 0.196. The van der Waals surface area contributed by atoms with Crippen molar-refractivity contribution >= 4 is 39.9 Å². The van der Waals surface area contributed by atoms with Crippen LogP contribution in [-0.2, 0) is 0 Å². The van der Waals surface area contributed by atoms with Gasteiger partial charge in [-0.05, 0) is 30.3 Å². The summed E-state index contributed by atoms with van der Waals surface area (Å²) in [6.07, 6.45) is 7.29. The van der Waals surface area contributed by atoms with Crippen LogP contribution in [0.3, 0.4) is 0 Å². The molecule has 0 unspecified atom stereocenters. The molecule has 4 aromatic rings. The van der Waals surface area contributed by atoms with Crippen molar-refractivity contribution in [2.45, 2.75) is 0 Å². The lowest BCUT2D eigenvalue weighted by Gasteiger charge is -2.00. The number of rotatable bonds is 2. The number of aromatic nitrogens is 2. The summed E-state index contributed by atoms with van der Waals surface area (Å²) in [7, 11) is 0. The molecular formula is C21H12N2O2S. The molecule has 26 heavy (non-hydrogen) atoms. The Labute approximate surface area is 153 Å². The van der Waals surface area contributed by atoms with E-state index in [4.69, 9.17) is 0 Å². The Morgan fingerprint density at radius 3 is 2.46 bits per heavy atom. The molecule has 3 aromatic heterocycles. The second-order valence-corrected chi connectivity index (χ2v) is 7.15. The van der Waals surface area contributed by atoms with E-state index in [1.807, 2.05) is 36.7 Å². The maximum absolute atomic E-state index is 12.5. The zero-order chi connectivity index (χ0) is 17.7. The summed E-state index contributed by atoms with van der Waals surface area (Å²) in [6, 6.07) is 14.9. The molecule has 0 atom stereocenters. The van der Waals surface area contributed by atoms with Crippen molar-refractivity contribution in [3.05, 3.63) is 88.7 Å². The lowest BCUT2D eigenvalue weighted by molar-refractivity contribution is 0.0990. The van der Waals surface area contributed by atoms with Gasteiger partial charge in [-0.25, -0.2) is 0 Å². The van der Waals surface area contributed by atoms with E-state index in [0.29, 0.717) is 11.1 Å². The van der Waals surface area contributed by atoms with Crippen molar-refractivity contribution in [1.82, 2.24) is 9.55 Å². The first kappa shape index (κ1) is 15.0. The van der Waals surface area contributed by atoms with E-state index in [0.717, 1.165) is 20.8 Å². The highest BCUT2D eigenvalue weighted by Gasteiger charge is 2.32. The molecule has 0 amide bonds. The van der Waals surface area contributed by atoms with Gasteiger partial charge >= 0.3 is 0 Å². The zero-order valence-corrected chi connectivity index (χ0v) is 14.4. The average molecular weight is 356 g/mol. The number of ketones is 2. The van der Waals surface area contributed by atoms with E-state index in [9.17, 15) is 9.59 Å². The Bertz CT molecular complexity index is 1190. The Morgan fingerprint density at radius 1 is 0.923 bits per heavy atom. The SMILES string of the molecule is O=C1C(=Cc2ccc(-n3ccc4cnccc43)s2)C(=O)c2ccccc21. The third kappa shape index (κ3) is 2.18. The fourth-order valence-corrected chi connectivity index (χ4v) is 4.22. The predicted molar refractivity (Wildman–Crippen MR) is 102 cm³/mol. The van der Waals surface area contributed by atoms with Crippen LogP contribution in [0, 0.1) is 0 Å². The Hall–Kier alpha value is -3.31. The maximum Gasteiger partial charge on any atom is 0.197 e. The monoisotopic (exact) mass is 356 g/mol. The second kappa shape index (κ2) is 5.61. The van der Waals surface area contributed by atoms with Crippen molar-refractivity contribution < 1.29 is 9.59 Å². The highest BCUT2D eigenvalue weighted by atomic mass is 32.1. The van der Waals surface area contributed by atoms with Crippen LogP contribution in [0.4, 0.5) is 0 Å². The number of carbonyl (C=O) groups is 2. The van der Waals surface area contributed by atoms with E-state index < -0.39 is 0 Å². The third-order valence-corrected chi connectivity index (χ3v) is 5.56. The maximum atomic E-state index is 12.5. The van der Waals surface area contributed by atoms with Crippen molar-refractivity contribution in [3.8, 4) is 5.00 Å². The third-order valence-electron chi connectivity index (χ3n) is 4.53. The summed E-state index contributed by atoms with van der Waals surface area (Å²) in [5.74, 6) is -0.393. The van der Waals surface area contributed by atoms with Gasteiger partial charge in [-0.2, -0.15) is 0 Å². The second-order valence-electron chi connectivity index (χ2n) is 6.06. The molecule has 5 rings (SSSR count). The molecule has 124 valence electrons. The summed E-state index contributed by atoms with van der Waals surface area (Å²) < 4.78 is 2.08. The van der Waals surface area contributed by atoms with Crippen LogP contribution in [0.5, 0.6) is 0 Å². The molecule has 0 saturated heterocycles. The first-order chi connectivity index (χ1) is 12.7. The summed E-state index contributed by atoms with van der Waals surface area (Å²) in [5, 5.41) is 2.09. The minimum Gasteiger partial charge on any atom is -0.308 e. The number of carbonyl (C=O) groups excluding carboxylic acids is 2. The number of thiophene rings is 1. The van der Waals surface area contributed by atoms with Gasteiger partial charge in [-0.15, -0.1) is 11.3 Å². The molecule has 0 radical (unpaired) electrons. The number of hydrogen-bond donors (Lipinski definition) is 0. The Morgan fingerprint density at radius 2 is 1.69 bits per heavy atom. The van der Waals surface area contributed by atoms with Crippen molar-refractivity contribution in [1.29, 1.82) is 0 Å². The molecule has 5 heteroatoms. The Balaban J connectivity index is 1.55. The first-order valence-corrected chi connectivity index (χ1v) is 8.95. The van der Waals surface area contributed by atoms with Gasteiger partial charge in [0.05, 0.1) is 11.1 Å². The van der Waals surface area contributed by atoms with Gasteiger partial charge < -0.3 is 4.57 Å². The number of Topliss-reactive ketones (excluding diaryl/α,β-unsaturated/α-hetero) is 2. The van der Waals surface area contributed by atoms with Crippen LogP contribution in [0.2, 0.25) is 0 Å². The lowest BCUT2D eigenvalue weighted by atomic mass is 10.1. The quantitative estimate of drug-likeness (QED) is 0.391.